The molecule has 9 heteroatoms. The fourth-order valence-corrected chi connectivity index (χ4v) is 5.27. The maximum atomic E-state index is 11.9. The number of aromatic nitrogens is 1. The molecule has 200 valence electrons. The molecule has 0 unspecified atom stereocenters. The van der Waals surface area contributed by atoms with Crippen LogP contribution in [0.3, 0.4) is 0 Å². The molecule has 1 aliphatic heterocycles. The number of hydrogen-bond acceptors (Lipinski definition) is 7. The number of anilines is 2. The minimum Gasteiger partial charge on any atom is -0.507 e. The van der Waals surface area contributed by atoms with Gasteiger partial charge in [-0.05, 0) is 75.2 Å². The first kappa shape index (κ1) is 26.2. The summed E-state index contributed by atoms with van der Waals surface area (Å²) in [5, 5.41) is 20.4. The first-order valence-corrected chi connectivity index (χ1v) is 13.8. The van der Waals surface area contributed by atoms with Crippen molar-refractivity contribution in [1.82, 2.24) is 4.68 Å². The molecule has 3 aromatic carbocycles. The number of aryl methyl sites for hydroxylation is 2. The van der Waals surface area contributed by atoms with Crippen LogP contribution in [0.15, 0.2) is 70.1 Å². The highest BCUT2D eigenvalue weighted by atomic mass is 32.1. The third-order valence-electron chi connectivity index (χ3n) is 6.63. The number of benzene rings is 3. The van der Waals surface area contributed by atoms with Crippen molar-refractivity contribution in [3.63, 3.8) is 0 Å². The molecule has 1 aliphatic rings. The predicted octanol–water partition coefficient (Wildman–Crippen LogP) is 5.83. The van der Waals surface area contributed by atoms with Crippen LogP contribution < -0.4 is 19.8 Å². The molecule has 0 spiro atoms. The van der Waals surface area contributed by atoms with Gasteiger partial charge in [0, 0.05) is 41.4 Å². The number of fused-ring (bicyclic) bond motifs is 1. The van der Waals surface area contributed by atoms with Crippen LogP contribution in [0.5, 0.6) is 11.5 Å². The van der Waals surface area contributed by atoms with Crippen molar-refractivity contribution in [2.24, 2.45) is 10.1 Å². The molecular weight excluding hydrogens is 510 g/mol. The number of carbonyl (C=O) groups is 1. The molecule has 0 aliphatic carbocycles. The minimum absolute atomic E-state index is 0.00448. The molecule has 1 amide bonds. The van der Waals surface area contributed by atoms with E-state index in [-0.39, 0.29) is 18.3 Å². The van der Waals surface area contributed by atoms with Gasteiger partial charge in [0.15, 0.2) is 6.61 Å². The number of nitrogens with zero attached hydrogens (tertiary/aromatic N) is 4. The Bertz CT molecular complexity index is 1630. The van der Waals surface area contributed by atoms with Crippen molar-refractivity contribution in [1.29, 1.82) is 0 Å². The van der Waals surface area contributed by atoms with Gasteiger partial charge in [-0.2, -0.15) is 5.10 Å². The largest absolute Gasteiger partial charge is 0.507 e. The number of rotatable bonds is 7. The molecule has 39 heavy (non-hydrogen) atoms. The van der Waals surface area contributed by atoms with Gasteiger partial charge in [0.1, 0.15) is 11.5 Å². The molecule has 2 heterocycles. The van der Waals surface area contributed by atoms with E-state index in [9.17, 15) is 9.90 Å². The van der Waals surface area contributed by atoms with Crippen molar-refractivity contribution >= 4 is 40.5 Å². The van der Waals surface area contributed by atoms with Crippen LogP contribution in [0.25, 0.3) is 11.3 Å². The SMILES string of the molecule is CCN(CC)c1ccc(C=Nn2c(-c3ccc4c(c3)NC(=O)CO4)csc2=Nc2cc(C)ccc2C)c(O)c1. The van der Waals surface area contributed by atoms with Crippen molar-refractivity contribution in [3.8, 4) is 22.8 Å². The Balaban J connectivity index is 1.61. The van der Waals surface area contributed by atoms with E-state index in [1.54, 1.807) is 17.0 Å². The van der Waals surface area contributed by atoms with E-state index in [2.05, 4.69) is 36.2 Å². The Labute approximate surface area is 231 Å². The van der Waals surface area contributed by atoms with E-state index >= 15 is 0 Å². The van der Waals surface area contributed by atoms with Crippen molar-refractivity contribution in [2.75, 3.05) is 29.9 Å². The number of phenols is 1. The van der Waals surface area contributed by atoms with Gasteiger partial charge in [-0.15, -0.1) is 11.3 Å². The molecule has 0 atom stereocenters. The molecule has 8 nitrogen and oxygen atoms in total. The maximum Gasteiger partial charge on any atom is 0.262 e. The maximum absolute atomic E-state index is 11.9. The number of ether oxygens (including phenoxy) is 1. The zero-order valence-corrected chi connectivity index (χ0v) is 23.2. The molecule has 1 aromatic heterocycles. The summed E-state index contributed by atoms with van der Waals surface area (Å²) >= 11 is 1.46. The first-order chi connectivity index (χ1) is 18.9. The van der Waals surface area contributed by atoms with Crippen LogP contribution in [-0.2, 0) is 4.79 Å². The second-order valence-electron chi connectivity index (χ2n) is 9.32. The fourth-order valence-electron chi connectivity index (χ4n) is 4.42. The molecule has 0 fully saturated rings. The van der Waals surface area contributed by atoms with E-state index in [1.807, 2.05) is 55.6 Å². The summed E-state index contributed by atoms with van der Waals surface area (Å²) in [6.45, 7) is 9.96. The Morgan fingerprint density at radius 1 is 1.10 bits per heavy atom. The molecule has 0 saturated heterocycles. The third-order valence-corrected chi connectivity index (χ3v) is 7.45. The van der Waals surface area contributed by atoms with Crippen molar-refractivity contribution in [3.05, 3.63) is 81.5 Å². The molecule has 4 aromatic rings. The lowest BCUT2D eigenvalue weighted by Crippen LogP contribution is -2.25. The molecule has 0 radical (unpaired) electrons. The van der Waals surface area contributed by atoms with Crippen LogP contribution in [0.1, 0.15) is 30.5 Å². The number of carbonyl (C=O) groups excluding carboxylic acids is 1. The van der Waals surface area contributed by atoms with E-state index in [0.29, 0.717) is 21.8 Å². The minimum atomic E-state index is -0.190. The van der Waals surface area contributed by atoms with Gasteiger partial charge >= 0.3 is 0 Å². The van der Waals surface area contributed by atoms with Gasteiger partial charge in [0.2, 0.25) is 4.80 Å². The average Bonchev–Trinajstić information content (AvgIpc) is 3.32. The summed E-state index contributed by atoms with van der Waals surface area (Å²) in [7, 11) is 0. The average molecular weight is 542 g/mol. The zero-order chi connectivity index (χ0) is 27.5. The van der Waals surface area contributed by atoms with Crippen LogP contribution >= 0.6 is 11.3 Å². The predicted molar refractivity (Wildman–Crippen MR) is 158 cm³/mol. The lowest BCUT2D eigenvalue weighted by atomic mass is 10.1. The van der Waals surface area contributed by atoms with E-state index in [4.69, 9.17) is 14.8 Å². The summed E-state index contributed by atoms with van der Waals surface area (Å²) in [5.74, 6) is 0.592. The highest BCUT2D eigenvalue weighted by Gasteiger charge is 2.18. The number of phenolic OH excluding ortho intramolecular Hbond substituents is 1. The Kier molecular flexibility index (Phi) is 7.51. The number of thiazole rings is 1. The topological polar surface area (TPSA) is 91.5 Å². The van der Waals surface area contributed by atoms with Gasteiger partial charge in [-0.25, -0.2) is 9.67 Å². The van der Waals surface area contributed by atoms with Crippen molar-refractivity contribution in [2.45, 2.75) is 27.7 Å². The number of aromatic hydroxyl groups is 1. The number of nitrogens with one attached hydrogen (secondary N) is 1. The monoisotopic (exact) mass is 541 g/mol. The fraction of sp³-hybridized carbons (Fsp3) is 0.233. The Morgan fingerprint density at radius 3 is 2.69 bits per heavy atom. The van der Waals surface area contributed by atoms with Gasteiger partial charge in [0.25, 0.3) is 5.91 Å². The van der Waals surface area contributed by atoms with Crippen LogP contribution in [-0.4, -0.2) is 41.6 Å². The quantitative estimate of drug-likeness (QED) is 0.288. The standard InChI is InChI=1S/C30H31N5O3S/c1-5-34(6-2)23-11-9-22(27(36)15-23)16-31-35-26(21-10-12-28-25(14-21)32-29(37)17-38-28)18-39-30(35)33-24-13-19(3)7-8-20(24)4/h7-16,18,36H,5-6,17H2,1-4H3,(H,32,37). The second-order valence-corrected chi connectivity index (χ2v) is 10.2. The molecule has 5 rings (SSSR count). The third kappa shape index (κ3) is 5.58. The first-order valence-electron chi connectivity index (χ1n) is 12.9. The lowest BCUT2D eigenvalue weighted by Gasteiger charge is -2.21. The lowest BCUT2D eigenvalue weighted by molar-refractivity contribution is -0.118. The molecule has 0 saturated carbocycles. The van der Waals surface area contributed by atoms with Crippen LogP contribution in [0, 0.1) is 13.8 Å². The normalized spacial score (nSPS) is 13.3. The van der Waals surface area contributed by atoms with Crippen molar-refractivity contribution < 1.29 is 14.6 Å². The van der Waals surface area contributed by atoms with Gasteiger partial charge in [-0.1, -0.05) is 12.1 Å². The smallest absolute Gasteiger partial charge is 0.262 e. The Morgan fingerprint density at radius 2 is 1.92 bits per heavy atom. The second kappa shape index (κ2) is 11.2. The summed E-state index contributed by atoms with van der Waals surface area (Å²) in [5.41, 5.74) is 6.85. The summed E-state index contributed by atoms with van der Waals surface area (Å²) < 4.78 is 7.29. The highest BCUT2D eigenvalue weighted by Crippen LogP contribution is 2.33. The number of hydrogen-bond donors (Lipinski definition) is 2. The van der Waals surface area contributed by atoms with E-state index in [0.717, 1.165) is 46.8 Å². The molecule has 2 N–H and O–H groups in total. The number of amides is 1. The Hall–Kier alpha value is -4.37. The van der Waals surface area contributed by atoms with Gasteiger partial charge < -0.3 is 20.1 Å². The van der Waals surface area contributed by atoms with Gasteiger partial charge in [-0.3, -0.25) is 4.79 Å². The molecular formula is C30H31N5O3S. The van der Waals surface area contributed by atoms with E-state index in [1.165, 1.54) is 11.3 Å². The summed E-state index contributed by atoms with van der Waals surface area (Å²) in [6.07, 6.45) is 1.64. The summed E-state index contributed by atoms with van der Waals surface area (Å²) in [4.78, 5) is 19.7. The highest BCUT2D eigenvalue weighted by molar-refractivity contribution is 7.07. The summed E-state index contributed by atoms with van der Waals surface area (Å²) in [6, 6.07) is 17.4. The van der Waals surface area contributed by atoms with Crippen LogP contribution in [0.4, 0.5) is 17.1 Å². The van der Waals surface area contributed by atoms with E-state index < -0.39 is 0 Å². The van der Waals surface area contributed by atoms with Crippen LogP contribution in [0.2, 0.25) is 0 Å². The van der Waals surface area contributed by atoms with Gasteiger partial charge in [0.05, 0.1) is 23.3 Å². The zero-order valence-electron chi connectivity index (χ0n) is 22.4. The molecule has 0 bridgehead atoms.